The fraction of sp³-hybridized carbons (Fsp3) is 0.444. The second kappa shape index (κ2) is 3.42. The standard InChI is InChI=1S/C9H11BrO2S/c1-9(2,3)5-4-6(10)13-7(5)8(11)12/h4H,1-3H3,(H,11,12). The van der Waals surface area contributed by atoms with Gasteiger partial charge in [0.2, 0.25) is 0 Å². The molecule has 0 aliphatic heterocycles. The number of hydrogen-bond acceptors (Lipinski definition) is 2. The van der Waals surface area contributed by atoms with Crippen LogP contribution in [0.5, 0.6) is 0 Å². The maximum Gasteiger partial charge on any atom is 0.346 e. The van der Waals surface area contributed by atoms with Crippen molar-refractivity contribution in [1.29, 1.82) is 0 Å². The van der Waals surface area contributed by atoms with Crippen molar-refractivity contribution in [3.05, 3.63) is 20.3 Å². The lowest BCUT2D eigenvalue weighted by molar-refractivity contribution is 0.0699. The molecule has 1 N–H and O–H groups in total. The highest BCUT2D eigenvalue weighted by Crippen LogP contribution is 2.35. The van der Waals surface area contributed by atoms with E-state index in [2.05, 4.69) is 15.9 Å². The van der Waals surface area contributed by atoms with Gasteiger partial charge in [-0.25, -0.2) is 4.79 Å². The number of halogens is 1. The Balaban J connectivity index is 3.28. The highest BCUT2D eigenvalue weighted by atomic mass is 79.9. The van der Waals surface area contributed by atoms with E-state index in [1.165, 1.54) is 11.3 Å². The highest BCUT2D eigenvalue weighted by molar-refractivity contribution is 9.11. The van der Waals surface area contributed by atoms with E-state index < -0.39 is 5.97 Å². The Kier molecular flexibility index (Phi) is 2.82. The maximum absolute atomic E-state index is 10.9. The third kappa shape index (κ3) is 2.31. The number of aromatic carboxylic acids is 1. The third-order valence-electron chi connectivity index (χ3n) is 1.70. The minimum Gasteiger partial charge on any atom is -0.477 e. The molecule has 0 saturated carbocycles. The molecule has 0 fully saturated rings. The van der Waals surface area contributed by atoms with Crippen molar-refractivity contribution >= 4 is 33.2 Å². The Bertz CT molecular complexity index is 336. The first-order valence-electron chi connectivity index (χ1n) is 3.85. The molecule has 13 heavy (non-hydrogen) atoms. The predicted molar refractivity (Wildman–Crippen MR) is 57.7 cm³/mol. The molecular formula is C9H11BrO2S. The predicted octanol–water partition coefficient (Wildman–Crippen LogP) is 3.51. The molecule has 1 heterocycles. The Morgan fingerprint density at radius 2 is 2.08 bits per heavy atom. The van der Waals surface area contributed by atoms with Crippen LogP contribution in [0.15, 0.2) is 9.85 Å². The summed E-state index contributed by atoms with van der Waals surface area (Å²) in [6, 6.07) is 1.88. The first-order valence-corrected chi connectivity index (χ1v) is 5.46. The summed E-state index contributed by atoms with van der Waals surface area (Å²) >= 11 is 4.57. The van der Waals surface area contributed by atoms with E-state index >= 15 is 0 Å². The van der Waals surface area contributed by atoms with Gasteiger partial charge in [0.05, 0.1) is 3.79 Å². The second-order valence-electron chi connectivity index (χ2n) is 3.85. The fourth-order valence-corrected chi connectivity index (χ4v) is 2.73. The van der Waals surface area contributed by atoms with E-state index in [0.717, 1.165) is 9.35 Å². The minimum atomic E-state index is -0.847. The lowest BCUT2D eigenvalue weighted by Gasteiger charge is -2.17. The Labute approximate surface area is 89.7 Å². The van der Waals surface area contributed by atoms with Crippen molar-refractivity contribution in [3.63, 3.8) is 0 Å². The average Bonchev–Trinajstić information content (AvgIpc) is 2.29. The van der Waals surface area contributed by atoms with Gasteiger partial charge in [-0.05, 0) is 33.0 Å². The quantitative estimate of drug-likeness (QED) is 0.841. The monoisotopic (exact) mass is 262 g/mol. The SMILES string of the molecule is CC(C)(C)c1cc(Br)sc1C(=O)O. The van der Waals surface area contributed by atoms with E-state index in [9.17, 15) is 4.79 Å². The smallest absolute Gasteiger partial charge is 0.346 e. The molecule has 72 valence electrons. The summed E-state index contributed by atoms with van der Waals surface area (Å²) in [5.41, 5.74) is 0.771. The van der Waals surface area contributed by atoms with Crippen molar-refractivity contribution in [3.8, 4) is 0 Å². The van der Waals surface area contributed by atoms with Gasteiger partial charge in [0.15, 0.2) is 0 Å². The Hall–Kier alpha value is -0.350. The Morgan fingerprint density at radius 1 is 1.54 bits per heavy atom. The van der Waals surface area contributed by atoms with Crippen molar-refractivity contribution in [2.24, 2.45) is 0 Å². The van der Waals surface area contributed by atoms with E-state index in [0.29, 0.717) is 4.88 Å². The molecule has 0 saturated heterocycles. The van der Waals surface area contributed by atoms with Crippen molar-refractivity contribution in [1.82, 2.24) is 0 Å². The molecule has 0 bridgehead atoms. The van der Waals surface area contributed by atoms with Crippen LogP contribution in [0.1, 0.15) is 36.0 Å². The van der Waals surface area contributed by atoms with E-state index in [1.807, 2.05) is 26.8 Å². The molecule has 1 rings (SSSR count). The van der Waals surface area contributed by atoms with Crippen LogP contribution in [0.25, 0.3) is 0 Å². The molecule has 1 aromatic heterocycles. The topological polar surface area (TPSA) is 37.3 Å². The number of carboxylic acids is 1. The number of carbonyl (C=O) groups is 1. The number of thiophene rings is 1. The molecule has 0 unspecified atom stereocenters. The van der Waals surface area contributed by atoms with Gasteiger partial charge in [-0.3, -0.25) is 0 Å². The van der Waals surface area contributed by atoms with Crippen LogP contribution in [0, 0.1) is 0 Å². The van der Waals surface area contributed by atoms with Crippen LogP contribution < -0.4 is 0 Å². The fourth-order valence-electron chi connectivity index (χ4n) is 1.08. The third-order valence-corrected chi connectivity index (χ3v) is 3.33. The van der Waals surface area contributed by atoms with E-state index in [4.69, 9.17) is 5.11 Å². The summed E-state index contributed by atoms with van der Waals surface area (Å²) in [6.45, 7) is 6.02. The van der Waals surface area contributed by atoms with Gasteiger partial charge >= 0.3 is 5.97 Å². The van der Waals surface area contributed by atoms with Crippen LogP contribution in [0.3, 0.4) is 0 Å². The molecule has 4 heteroatoms. The molecule has 0 radical (unpaired) electrons. The first kappa shape index (κ1) is 10.7. The van der Waals surface area contributed by atoms with E-state index in [-0.39, 0.29) is 5.41 Å². The Morgan fingerprint density at radius 3 is 2.38 bits per heavy atom. The first-order chi connectivity index (χ1) is 5.82. The average molecular weight is 263 g/mol. The summed E-state index contributed by atoms with van der Waals surface area (Å²) in [6.07, 6.45) is 0. The number of rotatable bonds is 1. The number of hydrogen-bond donors (Lipinski definition) is 1. The number of carboxylic acid groups (broad SMARTS) is 1. The molecule has 1 aromatic rings. The van der Waals surface area contributed by atoms with Crippen molar-refractivity contribution in [2.75, 3.05) is 0 Å². The van der Waals surface area contributed by atoms with E-state index in [1.54, 1.807) is 0 Å². The van der Waals surface area contributed by atoms with Crippen LogP contribution >= 0.6 is 27.3 Å². The largest absolute Gasteiger partial charge is 0.477 e. The van der Waals surface area contributed by atoms with Gasteiger partial charge in [-0.2, -0.15) is 0 Å². The summed E-state index contributed by atoms with van der Waals surface area (Å²) in [4.78, 5) is 11.3. The van der Waals surface area contributed by atoms with Gasteiger partial charge in [0, 0.05) is 0 Å². The zero-order valence-electron chi connectivity index (χ0n) is 7.72. The lowest BCUT2D eigenvalue weighted by atomic mass is 9.87. The zero-order valence-corrected chi connectivity index (χ0v) is 10.1. The normalized spacial score (nSPS) is 11.7. The van der Waals surface area contributed by atoms with Crippen LogP contribution in [0.2, 0.25) is 0 Å². The maximum atomic E-state index is 10.9. The summed E-state index contributed by atoms with van der Waals surface area (Å²) in [5, 5.41) is 8.93. The van der Waals surface area contributed by atoms with Crippen LogP contribution in [-0.2, 0) is 5.41 Å². The molecular weight excluding hydrogens is 252 g/mol. The summed E-state index contributed by atoms with van der Waals surface area (Å²) < 4.78 is 0.870. The minimum absolute atomic E-state index is 0.115. The lowest BCUT2D eigenvalue weighted by Crippen LogP contribution is -2.14. The summed E-state index contributed by atoms with van der Waals surface area (Å²) in [5.74, 6) is -0.847. The molecule has 0 amide bonds. The molecule has 0 aromatic carbocycles. The summed E-state index contributed by atoms with van der Waals surface area (Å²) in [7, 11) is 0. The molecule has 0 aliphatic carbocycles. The zero-order chi connectivity index (χ0) is 10.2. The van der Waals surface area contributed by atoms with Gasteiger partial charge in [0.1, 0.15) is 4.88 Å². The van der Waals surface area contributed by atoms with Crippen molar-refractivity contribution < 1.29 is 9.90 Å². The van der Waals surface area contributed by atoms with Gasteiger partial charge < -0.3 is 5.11 Å². The van der Waals surface area contributed by atoms with Gasteiger partial charge in [0.25, 0.3) is 0 Å². The molecule has 0 spiro atoms. The second-order valence-corrected chi connectivity index (χ2v) is 6.28. The van der Waals surface area contributed by atoms with Crippen molar-refractivity contribution in [2.45, 2.75) is 26.2 Å². The molecule has 0 atom stereocenters. The van der Waals surface area contributed by atoms with Gasteiger partial charge in [-0.1, -0.05) is 20.8 Å². The van der Waals surface area contributed by atoms with Crippen LogP contribution in [-0.4, -0.2) is 11.1 Å². The van der Waals surface area contributed by atoms with Crippen LogP contribution in [0.4, 0.5) is 0 Å². The molecule has 2 nitrogen and oxygen atoms in total. The van der Waals surface area contributed by atoms with Gasteiger partial charge in [-0.15, -0.1) is 11.3 Å². The highest BCUT2D eigenvalue weighted by Gasteiger charge is 2.24. The molecule has 0 aliphatic rings.